The number of hydrogen-bond acceptors (Lipinski definition) is 4. The third-order valence-corrected chi connectivity index (χ3v) is 3.95. The molecule has 112 valence electrons. The Hall–Kier alpha value is -2.62. The third-order valence-electron chi connectivity index (χ3n) is 3.95. The molecule has 4 nitrogen and oxygen atoms in total. The zero-order valence-electron chi connectivity index (χ0n) is 12.4. The Labute approximate surface area is 128 Å². The minimum Gasteiger partial charge on any atom is -0.468 e. The Bertz CT molecular complexity index is 690. The molecule has 0 bridgehead atoms. The number of Topliss-reactive ketones (excluding diaryl/α,β-unsaturated/α-hetero) is 1. The normalized spacial score (nSPS) is 14.3. The number of carbonyl (C=O) groups is 2. The van der Waals surface area contributed by atoms with E-state index in [9.17, 15) is 9.59 Å². The lowest BCUT2D eigenvalue weighted by Crippen LogP contribution is -2.32. The first-order chi connectivity index (χ1) is 10.6. The molecule has 1 aliphatic heterocycles. The van der Waals surface area contributed by atoms with Gasteiger partial charge in [0.25, 0.3) is 0 Å². The van der Waals surface area contributed by atoms with Crippen LogP contribution in [-0.4, -0.2) is 18.9 Å². The van der Waals surface area contributed by atoms with Crippen LogP contribution in [0.4, 0.5) is 0 Å². The van der Waals surface area contributed by atoms with Crippen LogP contribution >= 0.6 is 0 Å². The molecule has 3 rings (SSSR count). The molecule has 1 atom stereocenters. The summed E-state index contributed by atoms with van der Waals surface area (Å²) in [5.41, 5.74) is 1.65. The molecule has 0 saturated carbocycles. The van der Waals surface area contributed by atoms with Crippen molar-refractivity contribution in [3.63, 3.8) is 0 Å². The molecule has 0 amide bonds. The third kappa shape index (κ3) is 2.26. The van der Waals surface area contributed by atoms with E-state index in [0.29, 0.717) is 11.5 Å². The van der Waals surface area contributed by atoms with Gasteiger partial charge in [0.1, 0.15) is 23.2 Å². The van der Waals surface area contributed by atoms with Crippen molar-refractivity contribution in [2.75, 3.05) is 7.11 Å². The fraction of sp³-hybridized carbons (Fsp3) is 0.222. The highest BCUT2D eigenvalue weighted by Gasteiger charge is 2.40. The van der Waals surface area contributed by atoms with Crippen LogP contribution in [0.5, 0.6) is 11.5 Å². The van der Waals surface area contributed by atoms with Gasteiger partial charge in [-0.05, 0) is 19.1 Å². The molecule has 0 aliphatic carbocycles. The Balaban J connectivity index is 2.21. The van der Waals surface area contributed by atoms with Gasteiger partial charge in [0, 0.05) is 17.0 Å². The van der Waals surface area contributed by atoms with Crippen LogP contribution in [0.15, 0.2) is 48.5 Å². The summed E-state index contributed by atoms with van der Waals surface area (Å²) < 4.78 is 10.7. The van der Waals surface area contributed by atoms with E-state index in [0.717, 1.165) is 11.1 Å². The van der Waals surface area contributed by atoms with Crippen molar-refractivity contribution in [1.82, 2.24) is 0 Å². The second-order valence-corrected chi connectivity index (χ2v) is 5.27. The zero-order valence-corrected chi connectivity index (χ0v) is 12.4. The van der Waals surface area contributed by atoms with Gasteiger partial charge in [0.15, 0.2) is 0 Å². The molecule has 1 aliphatic rings. The Morgan fingerprint density at radius 3 is 1.95 bits per heavy atom. The highest BCUT2D eigenvalue weighted by atomic mass is 16.5. The number of para-hydroxylation sites is 2. The highest BCUT2D eigenvalue weighted by Crippen LogP contribution is 2.47. The first-order valence-electron chi connectivity index (χ1n) is 7.07. The average molecular weight is 296 g/mol. The maximum absolute atomic E-state index is 12.2. The lowest BCUT2D eigenvalue weighted by molar-refractivity contribution is -0.149. The maximum Gasteiger partial charge on any atom is 0.317 e. The van der Waals surface area contributed by atoms with E-state index in [4.69, 9.17) is 9.47 Å². The Kier molecular flexibility index (Phi) is 3.67. The van der Waals surface area contributed by atoms with Gasteiger partial charge in [-0.2, -0.15) is 0 Å². The van der Waals surface area contributed by atoms with Gasteiger partial charge in [-0.3, -0.25) is 9.59 Å². The summed E-state index contributed by atoms with van der Waals surface area (Å²) >= 11 is 0. The summed E-state index contributed by atoms with van der Waals surface area (Å²) in [6, 6.07) is 14.9. The van der Waals surface area contributed by atoms with Gasteiger partial charge in [0.05, 0.1) is 7.11 Å². The summed E-state index contributed by atoms with van der Waals surface area (Å²) in [4.78, 5) is 24.3. The number of rotatable bonds is 3. The monoisotopic (exact) mass is 296 g/mol. The number of benzene rings is 2. The number of ether oxygens (including phenoxy) is 2. The molecule has 0 radical (unpaired) electrons. The summed E-state index contributed by atoms with van der Waals surface area (Å²) in [7, 11) is 1.30. The van der Waals surface area contributed by atoms with Crippen molar-refractivity contribution in [1.29, 1.82) is 0 Å². The number of fused-ring (bicyclic) bond motifs is 2. The highest BCUT2D eigenvalue weighted by molar-refractivity contribution is 5.99. The van der Waals surface area contributed by atoms with Crippen LogP contribution in [0, 0.1) is 5.92 Å². The second kappa shape index (κ2) is 5.64. The van der Waals surface area contributed by atoms with Gasteiger partial charge in [-0.25, -0.2) is 0 Å². The first kappa shape index (κ1) is 14.3. The van der Waals surface area contributed by atoms with Crippen molar-refractivity contribution in [2.45, 2.75) is 12.8 Å². The molecule has 0 unspecified atom stereocenters. The molecular formula is C18H16O4. The minimum absolute atomic E-state index is 0.219. The molecule has 4 heteroatoms. The van der Waals surface area contributed by atoms with E-state index in [1.165, 1.54) is 14.0 Å². The van der Waals surface area contributed by atoms with E-state index >= 15 is 0 Å². The quantitative estimate of drug-likeness (QED) is 0.644. The standard InChI is InChI=1S/C18H16O4/c1-11(19)16(18(20)21-2)17-12-7-3-5-9-14(12)22-15-10-6-4-8-13(15)17/h3-10,16-17H,1-2H3/t16-/m0/s1. The van der Waals surface area contributed by atoms with E-state index in [2.05, 4.69) is 0 Å². The lowest BCUT2D eigenvalue weighted by atomic mass is 9.77. The molecule has 0 spiro atoms. The fourth-order valence-corrected chi connectivity index (χ4v) is 2.97. The number of carbonyl (C=O) groups excluding carboxylic acids is 2. The topological polar surface area (TPSA) is 52.6 Å². The van der Waals surface area contributed by atoms with Gasteiger partial charge in [-0.1, -0.05) is 36.4 Å². The maximum atomic E-state index is 12.2. The largest absolute Gasteiger partial charge is 0.468 e. The van der Waals surface area contributed by atoms with Crippen LogP contribution in [0.3, 0.4) is 0 Å². The van der Waals surface area contributed by atoms with Crippen molar-refractivity contribution in [2.24, 2.45) is 5.92 Å². The molecule has 1 heterocycles. The Morgan fingerprint density at radius 1 is 1.00 bits per heavy atom. The number of ketones is 1. The lowest BCUT2D eigenvalue weighted by Gasteiger charge is -2.31. The van der Waals surface area contributed by atoms with Gasteiger partial charge in [0.2, 0.25) is 0 Å². The van der Waals surface area contributed by atoms with Crippen molar-refractivity contribution < 1.29 is 19.1 Å². The summed E-state index contributed by atoms with van der Waals surface area (Å²) in [6.45, 7) is 1.42. The molecule has 0 aromatic heterocycles. The molecule has 0 saturated heterocycles. The molecule has 2 aromatic rings. The van der Waals surface area contributed by atoms with Crippen molar-refractivity contribution in [3.8, 4) is 11.5 Å². The summed E-state index contributed by atoms with van der Waals surface area (Å²) in [5.74, 6) is -0.683. The Morgan fingerprint density at radius 2 is 1.50 bits per heavy atom. The van der Waals surface area contributed by atoms with E-state index in [1.807, 2.05) is 48.5 Å². The van der Waals surface area contributed by atoms with Gasteiger partial charge in [-0.15, -0.1) is 0 Å². The predicted molar refractivity (Wildman–Crippen MR) is 81.0 cm³/mol. The van der Waals surface area contributed by atoms with Gasteiger partial charge < -0.3 is 9.47 Å². The average Bonchev–Trinajstić information content (AvgIpc) is 2.54. The smallest absolute Gasteiger partial charge is 0.317 e. The van der Waals surface area contributed by atoms with Crippen LogP contribution in [0.2, 0.25) is 0 Å². The fourth-order valence-electron chi connectivity index (χ4n) is 2.97. The minimum atomic E-state index is -0.879. The molecule has 22 heavy (non-hydrogen) atoms. The van der Waals surface area contributed by atoms with Crippen LogP contribution < -0.4 is 4.74 Å². The molecular weight excluding hydrogens is 280 g/mol. The zero-order chi connectivity index (χ0) is 15.7. The van der Waals surface area contributed by atoms with Gasteiger partial charge >= 0.3 is 5.97 Å². The summed E-state index contributed by atoms with van der Waals surface area (Å²) in [5, 5.41) is 0. The van der Waals surface area contributed by atoms with Crippen LogP contribution in [-0.2, 0) is 14.3 Å². The van der Waals surface area contributed by atoms with Crippen LogP contribution in [0.25, 0.3) is 0 Å². The molecule has 0 fully saturated rings. The number of methoxy groups -OCH3 is 1. The predicted octanol–water partition coefficient (Wildman–Crippen LogP) is 3.30. The second-order valence-electron chi connectivity index (χ2n) is 5.27. The first-order valence-corrected chi connectivity index (χ1v) is 7.07. The molecule has 0 N–H and O–H groups in total. The SMILES string of the molecule is COC(=O)[C@@H](C(C)=O)C1c2ccccc2Oc2ccccc21. The number of hydrogen-bond donors (Lipinski definition) is 0. The van der Waals surface area contributed by atoms with E-state index < -0.39 is 17.8 Å². The summed E-state index contributed by atoms with van der Waals surface area (Å²) in [6.07, 6.45) is 0. The van der Waals surface area contributed by atoms with Crippen molar-refractivity contribution in [3.05, 3.63) is 59.7 Å². The molecule has 2 aromatic carbocycles. The van der Waals surface area contributed by atoms with E-state index in [-0.39, 0.29) is 5.78 Å². The van der Waals surface area contributed by atoms with E-state index in [1.54, 1.807) is 0 Å². The van der Waals surface area contributed by atoms with Crippen LogP contribution in [0.1, 0.15) is 24.0 Å². The van der Waals surface area contributed by atoms with Crippen molar-refractivity contribution >= 4 is 11.8 Å². The number of esters is 1.